The van der Waals surface area contributed by atoms with Crippen LogP contribution in [0.4, 0.5) is 0 Å². The zero-order chi connectivity index (χ0) is 15.4. The Hall–Kier alpha value is -2.08. The smallest absolute Gasteiger partial charge is 0.0190 e. The fraction of sp³-hybridized carbons (Fsp3) is 0.273. The summed E-state index contributed by atoms with van der Waals surface area (Å²) in [6.07, 6.45) is 8.15. The number of hydrogen-bond donors (Lipinski definition) is 0. The quantitative estimate of drug-likeness (QED) is 0.635. The highest BCUT2D eigenvalue weighted by Crippen LogP contribution is 2.42. The van der Waals surface area contributed by atoms with Crippen LogP contribution in [0.3, 0.4) is 0 Å². The molecular formula is C22H24. The molecule has 0 saturated heterocycles. The van der Waals surface area contributed by atoms with Gasteiger partial charge in [-0.1, -0.05) is 98.3 Å². The lowest BCUT2D eigenvalue weighted by molar-refractivity contribution is 0.542. The summed E-state index contributed by atoms with van der Waals surface area (Å²) in [5, 5.41) is 0. The van der Waals surface area contributed by atoms with Gasteiger partial charge in [0.15, 0.2) is 0 Å². The van der Waals surface area contributed by atoms with Crippen LogP contribution >= 0.6 is 0 Å². The maximum Gasteiger partial charge on any atom is 0.0190 e. The van der Waals surface area contributed by atoms with E-state index in [0.717, 1.165) is 0 Å². The van der Waals surface area contributed by atoms with E-state index in [1.807, 2.05) is 0 Å². The van der Waals surface area contributed by atoms with Crippen LogP contribution in [0.1, 0.15) is 37.3 Å². The molecule has 0 radical (unpaired) electrons. The van der Waals surface area contributed by atoms with Crippen LogP contribution in [0.5, 0.6) is 0 Å². The topological polar surface area (TPSA) is 0 Å². The second kappa shape index (κ2) is 6.79. The third kappa shape index (κ3) is 2.92. The molecule has 112 valence electrons. The van der Waals surface area contributed by atoms with Gasteiger partial charge in [0.2, 0.25) is 0 Å². The van der Waals surface area contributed by atoms with Crippen molar-refractivity contribution in [2.75, 3.05) is 0 Å². The van der Waals surface area contributed by atoms with Crippen molar-refractivity contribution in [3.05, 3.63) is 95.6 Å². The van der Waals surface area contributed by atoms with Gasteiger partial charge in [-0.2, -0.15) is 0 Å². The van der Waals surface area contributed by atoms with Crippen molar-refractivity contribution in [2.45, 2.75) is 26.2 Å². The Morgan fingerprint density at radius 3 is 1.91 bits per heavy atom. The van der Waals surface area contributed by atoms with Gasteiger partial charge in [0, 0.05) is 11.8 Å². The first-order valence-corrected chi connectivity index (χ1v) is 8.29. The van der Waals surface area contributed by atoms with Crippen molar-refractivity contribution < 1.29 is 0 Å². The molecule has 0 heterocycles. The minimum Gasteiger partial charge on any atom is -0.0764 e. The van der Waals surface area contributed by atoms with Crippen LogP contribution in [-0.4, -0.2) is 0 Å². The highest BCUT2D eigenvalue weighted by Gasteiger charge is 2.29. The van der Waals surface area contributed by atoms with Crippen molar-refractivity contribution >= 4 is 0 Å². The zero-order valence-electron chi connectivity index (χ0n) is 13.4. The van der Waals surface area contributed by atoms with Gasteiger partial charge in [-0.3, -0.25) is 0 Å². The van der Waals surface area contributed by atoms with E-state index in [2.05, 4.69) is 92.7 Å². The molecule has 2 atom stereocenters. The van der Waals surface area contributed by atoms with Crippen LogP contribution in [0, 0.1) is 11.8 Å². The first kappa shape index (κ1) is 14.8. The van der Waals surface area contributed by atoms with E-state index in [0.29, 0.717) is 17.8 Å². The van der Waals surface area contributed by atoms with Gasteiger partial charge in [0.25, 0.3) is 0 Å². The third-order valence-electron chi connectivity index (χ3n) is 4.85. The normalized spacial score (nSPS) is 18.5. The van der Waals surface area contributed by atoms with Crippen LogP contribution in [0.2, 0.25) is 0 Å². The highest BCUT2D eigenvalue weighted by molar-refractivity contribution is 5.42. The summed E-state index contributed by atoms with van der Waals surface area (Å²) >= 11 is 0. The monoisotopic (exact) mass is 288 g/mol. The second-order valence-electron chi connectivity index (χ2n) is 6.19. The van der Waals surface area contributed by atoms with Gasteiger partial charge in [-0.15, -0.1) is 0 Å². The molecule has 2 aromatic rings. The largest absolute Gasteiger partial charge is 0.0764 e. The first-order chi connectivity index (χ1) is 10.8. The Bertz CT molecular complexity index is 609. The highest BCUT2D eigenvalue weighted by atomic mass is 14.3. The van der Waals surface area contributed by atoms with E-state index in [1.165, 1.54) is 17.5 Å². The Morgan fingerprint density at radius 1 is 0.864 bits per heavy atom. The van der Waals surface area contributed by atoms with E-state index < -0.39 is 0 Å². The van der Waals surface area contributed by atoms with E-state index in [9.17, 15) is 0 Å². The molecule has 22 heavy (non-hydrogen) atoms. The molecule has 0 fully saturated rings. The van der Waals surface area contributed by atoms with Crippen molar-refractivity contribution in [1.29, 1.82) is 0 Å². The standard InChI is InChI=1S/C22H24/c1-3-17(2)20-15-10-16-21(20)22(18-11-6-4-7-12-18)19-13-8-5-9-14-19/h4-17,21-22H,3H2,1-2H3. The fourth-order valence-corrected chi connectivity index (χ4v) is 3.47. The van der Waals surface area contributed by atoms with Crippen LogP contribution in [-0.2, 0) is 0 Å². The van der Waals surface area contributed by atoms with Gasteiger partial charge in [-0.05, 0) is 23.5 Å². The van der Waals surface area contributed by atoms with Gasteiger partial charge in [0.05, 0.1) is 0 Å². The SMILES string of the molecule is CCC(C)C1=CC=CC1C(c1ccccc1)c1ccccc1. The molecule has 0 heteroatoms. The molecule has 1 aliphatic rings. The van der Waals surface area contributed by atoms with Crippen molar-refractivity contribution in [3.8, 4) is 0 Å². The average molecular weight is 288 g/mol. The molecule has 2 unspecified atom stereocenters. The van der Waals surface area contributed by atoms with E-state index in [4.69, 9.17) is 0 Å². The van der Waals surface area contributed by atoms with Crippen molar-refractivity contribution in [1.82, 2.24) is 0 Å². The van der Waals surface area contributed by atoms with Crippen molar-refractivity contribution in [3.63, 3.8) is 0 Å². The van der Waals surface area contributed by atoms with E-state index in [-0.39, 0.29) is 0 Å². The molecule has 0 nitrogen and oxygen atoms in total. The van der Waals surface area contributed by atoms with Crippen LogP contribution in [0.25, 0.3) is 0 Å². The lowest BCUT2D eigenvalue weighted by Gasteiger charge is -2.29. The maximum atomic E-state index is 2.38. The Morgan fingerprint density at radius 2 is 1.41 bits per heavy atom. The van der Waals surface area contributed by atoms with Gasteiger partial charge in [-0.25, -0.2) is 0 Å². The lowest BCUT2D eigenvalue weighted by atomic mass is 9.75. The summed E-state index contributed by atoms with van der Waals surface area (Å²) in [6.45, 7) is 4.62. The molecule has 3 rings (SSSR count). The third-order valence-corrected chi connectivity index (χ3v) is 4.85. The number of rotatable bonds is 5. The minimum absolute atomic E-state index is 0.404. The number of allylic oxidation sites excluding steroid dienone is 4. The summed E-state index contributed by atoms with van der Waals surface area (Å²) in [5.74, 6) is 1.51. The Labute approximate surface area is 134 Å². The predicted molar refractivity (Wildman–Crippen MR) is 94.9 cm³/mol. The predicted octanol–water partition coefficient (Wildman–Crippen LogP) is 5.98. The average Bonchev–Trinajstić information content (AvgIpc) is 3.06. The number of benzene rings is 2. The fourth-order valence-electron chi connectivity index (χ4n) is 3.47. The first-order valence-electron chi connectivity index (χ1n) is 8.29. The van der Waals surface area contributed by atoms with Crippen molar-refractivity contribution in [2.24, 2.45) is 11.8 Å². The lowest BCUT2D eigenvalue weighted by Crippen LogP contribution is -2.17. The molecule has 0 N–H and O–H groups in total. The van der Waals surface area contributed by atoms with Gasteiger partial charge in [0.1, 0.15) is 0 Å². The molecule has 0 amide bonds. The Kier molecular flexibility index (Phi) is 4.58. The van der Waals surface area contributed by atoms with Gasteiger partial charge < -0.3 is 0 Å². The molecule has 0 aromatic heterocycles. The molecule has 0 saturated carbocycles. The molecular weight excluding hydrogens is 264 g/mol. The maximum absolute atomic E-state index is 2.38. The number of hydrogen-bond acceptors (Lipinski definition) is 0. The van der Waals surface area contributed by atoms with Gasteiger partial charge >= 0.3 is 0 Å². The summed E-state index contributed by atoms with van der Waals surface area (Å²) in [6, 6.07) is 21.8. The molecule has 1 aliphatic carbocycles. The Balaban J connectivity index is 2.03. The summed E-state index contributed by atoms with van der Waals surface area (Å²) in [5.41, 5.74) is 4.37. The molecule has 0 spiro atoms. The molecule has 2 aromatic carbocycles. The molecule has 0 bridgehead atoms. The summed E-state index contributed by atoms with van der Waals surface area (Å²) < 4.78 is 0. The summed E-state index contributed by atoms with van der Waals surface area (Å²) in [7, 11) is 0. The molecule has 0 aliphatic heterocycles. The van der Waals surface area contributed by atoms with Crippen LogP contribution in [0.15, 0.2) is 84.5 Å². The summed E-state index contributed by atoms with van der Waals surface area (Å²) in [4.78, 5) is 0. The van der Waals surface area contributed by atoms with Crippen LogP contribution < -0.4 is 0 Å². The van der Waals surface area contributed by atoms with E-state index in [1.54, 1.807) is 5.57 Å². The second-order valence-corrected chi connectivity index (χ2v) is 6.19. The zero-order valence-corrected chi connectivity index (χ0v) is 13.4. The van der Waals surface area contributed by atoms with E-state index >= 15 is 0 Å². The minimum atomic E-state index is 0.404.